The van der Waals surface area contributed by atoms with Crippen LogP contribution >= 0.6 is 11.8 Å². The molecule has 5 rings (SSSR count). The van der Waals surface area contributed by atoms with E-state index in [1.165, 1.54) is 18.5 Å². The molecule has 0 aliphatic heterocycles. The quantitative estimate of drug-likeness (QED) is 0.289. The molecule has 0 amide bonds. The third-order valence-electron chi connectivity index (χ3n) is 4.66. The Morgan fingerprint density at radius 2 is 1.83 bits per heavy atom. The number of fused-ring (bicyclic) bond motifs is 1. The molecule has 2 aromatic carbocycles. The third kappa shape index (κ3) is 3.46. The molecule has 30 heavy (non-hydrogen) atoms. The van der Waals surface area contributed by atoms with E-state index >= 15 is 0 Å². The first-order valence-corrected chi connectivity index (χ1v) is 10.3. The Hall–Kier alpha value is -3.52. The predicted molar refractivity (Wildman–Crippen MR) is 113 cm³/mol. The van der Waals surface area contributed by atoms with E-state index in [0.717, 1.165) is 33.1 Å². The highest BCUT2D eigenvalue weighted by Crippen LogP contribution is 2.30. The van der Waals surface area contributed by atoms with Crippen molar-refractivity contribution in [1.29, 1.82) is 0 Å². The van der Waals surface area contributed by atoms with Crippen LogP contribution in [0.1, 0.15) is 11.5 Å². The van der Waals surface area contributed by atoms with Gasteiger partial charge in [-0.05, 0) is 43.3 Å². The largest absolute Gasteiger partial charge is 0.441 e. The summed E-state index contributed by atoms with van der Waals surface area (Å²) in [6.07, 6.45) is 3.24. The number of oxazole rings is 1. The van der Waals surface area contributed by atoms with E-state index in [1.807, 2.05) is 37.3 Å². The van der Waals surface area contributed by atoms with Gasteiger partial charge in [-0.1, -0.05) is 30.0 Å². The Bertz CT molecular complexity index is 1310. The Kier molecular flexibility index (Phi) is 4.76. The SMILES string of the molecule is Cc1oc(-c2ccccc2)nc1CSc1ncnc2c1cnn2-c1ccc(F)cc1. The maximum atomic E-state index is 13.2. The van der Waals surface area contributed by atoms with Gasteiger partial charge in [0.05, 0.1) is 23.0 Å². The molecule has 0 atom stereocenters. The topological polar surface area (TPSA) is 69.6 Å². The van der Waals surface area contributed by atoms with Crippen molar-refractivity contribution in [2.45, 2.75) is 17.7 Å². The van der Waals surface area contributed by atoms with Crippen LogP contribution in [0.3, 0.4) is 0 Å². The highest BCUT2D eigenvalue weighted by molar-refractivity contribution is 7.98. The lowest BCUT2D eigenvalue weighted by atomic mass is 10.2. The average Bonchev–Trinajstić information content (AvgIpc) is 3.37. The van der Waals surface area contributed by atoms with E-state index in [4.69, 9.17) is 4.42 Å². The number of nitrogens with zero attached hydrogens (tertiary/aromatic N) is 5. The van der Waals surface area contributed by atoms with Gasteiger partial charge in [0.1, 0.15) is 22.9 Å². The van der Waals surface area contributed by atoms with Crippen LogP contribution in [0.2, 0.25) is 0 Å². The van der Waals surface area contributed by atoms with Crippen molar-refractivity contribution in [3.63, 3.8) is 0 Å². The highest BCUT2D eigenvalue weighted by atomic mass is 32.2. The summed E-state index contributed by atoms with van der Waals surface area (Å²) in [5.74, 6) is 1.71. The Balaban J connectivity index is 1.42. The molecule has 148 valence electrons. The van der Waals surface area contributed by atoms with Crippen LogP contribution in [0, 0.1) is 12.7 Å². The standard InChI is InChI=1S/C22H16FN5OS/c1-14-19(27-21(29-14)15-5-3-2-4-6-15)12-30-22-18-11-26-28(20(18)24-13-25-22)17-9-7-16(23)8-10-17/h2-11,13H,12H2,1H3. The molecule has 0 N–H and O–H groups in total. The Morgan fingerprint density at radius 1 is 1.03 bits per heavy atom. The number of benzene rings is 2. The molecular weight excluding hydrogens is 401 g/mol. The van der Waals surface area contributed by atoms with Crippen LogP contribution in [-0.2, 0) is 5.75 Å². The van der Waals surface area contributed by atoms with Crippen LogP contribution in [0.25, 0.3) is 28.2 Å². The fraction of sp³-hybridized carbons (Fsp3) is 0.0909. The van der Waals surface area contributed by atoms with Gasteiger partial charge in [0.25, 0.3) is 0 Å². The van der Waals surface area contributed by atoms with Crippen LogP contribution in [0.15, 0.2) is 76.6 Å². The van der Waals surface area contributed by atoms with Crippen molar-refractivity contribution in [2.75, 3.05) is 0 Å². The lowest BCUT2D eigenvalue weighted by Crippen LogP contribution is -1.98. The summed E-state index contributed by atoms with van der Waals surface area (Å²) in [6, 6.07) is 16.0. The maximum absolute atomic E-state index is 13.2. The summed E-state index contributed by atoms with van der Waals surface area (Å²) >= 11 is 1.55. The monoisotopic (exact) mass is 417 g/mol. The van der Waals surface area contributed by atoms with Gasteiger partial charge >= 0.3 is 0 Å². The number of halogens is 1. The number of hydrogen-bond acceptors (Lipinski definition) is 6. The molecule has 0 radical (unpaired) electrons. The van der Waals surface area contributed by atoms with Crippen molar-refractivity contribution in [3.05, 3.63) is 84.4 Å². The maximum Gasteiger partial charge on any atom is 0.226 e. The molecule has 6 nitrogen and oxygen atoms in total. The smallest absolute Gasteiger partial charge is 0.226 e. The zero-order valence-corrected chi connectivity index (χ0v) is 16.8. The minimum absolute atomic E-state index is 0.293. The van der Waals surface area contributed by atoms with Crippen LogP contribution in [0.5, 0.6) is 0 Å². The van der Waals surface area contributed by atoms with E-state index in [2.05, 4.69) is 20.1 Å². The molecule has 3 heterocycles. The van der Waals surface area contributed by atoms with Crippen molar-refractivity contribution in [2.24, 2.45) is 0 Å². The first kappa shape index (κ1) is 18.5. The zero-order chi connectivity index (χ0) is 20.5. The molecule has 3 aromatic heterocycles. The molecule has 0 saturated heterocycles. The van der Waals surface area contributed by atoms with Gasteiger partial charge in [-0.15, -0.1) is 0 Å². The normalized spacial score (nSPS) is 11.3. The number of aryl methyl sites for hydroxylation is 1. The fourth-order valence-corrected chi connectivity index (χ4v) is 4.07. The second-order valence-corrected chi connectivity index (χ2v) is 7.59. The molecule has 0 unspecified atom stereocenters. The molecule has 0 aliphatic carbocycles. The number of aromatic nitrogens is 5. The van der Waals surface area contributed by atoms with E-state index in [1.54, 1.807) is 34.8 Å². The van der Waals surface area contributed by atoms with Crippen molar-refractivity contribution in [3.8, 4) is 17.1 Å². The zero-order valence-electron chi connectivity index (χ0n) is 16.0. The minimum Gasteiger partial charge on any atom is -0.441 e. The summed E-state index contributed by atoms with van der Waals surface area (Å²) in [7, 11) is 0. The van der Waals surface area contributed by atoms with Crippen LogP contribution in [0.4, 0.5) is 4.39 Å². The second-order valence-electron chi connectivity index (χ2n) is 6.63. The molecular formula is C22H16FN5OS. The van der Waals surface area contributed by atoms with E-state index in [9.17, 15) is 4.39 Å². The molecule has 0 bridgehead atoms. The van der Waals surface area contributed by atoms with Gasteiger partial charge in [0, 0.05) is 11.3 Å². The third-order valence-corrected chi connectivity index (χ3v) is 5.68. The average molecular weight is 417 g/mol. The fourth-order valence-electron chi connectivity index (χ4n) is 3.11. The van der Waals surface area contributed by atoms with Crippen LogP contribution < -0.4 is 0 Å². The molecule has 0 saturated carbocycles. The van der Waals surface area contributed by atoms with Gasteiger partial charge in [-0.2, -0.15) is 5.10 Å². The van der Waals surface area contributed by atoms with Crippen molar-refractivity contribution in [1.82, 2.24) is 24.7 Å². The molecule has 0 fully saturated rings. The molecule has 0 aliphatic rings. The van der Waals surface area contributed by atoms with E-state index < -0.39 is 0 Å². The highest BCUT2D eigenvalue weighted by Gasteiger charge is 2.15. The number of hydrogen-bond donors (Lipinski definition) is 0. The number of thioether (sulfide) groups is 1. The summed E-state index contributed by atoms with van der Waals surface area (Å²) in [4.78, 5) is 13.4. The molecule has 0 spiro atoms. The predicted octanol–water partition coefficient (Wildman–Crippen LogP) is 5.21. The van der Waals surface area contributed by atoms with Crippen molar-refractivity contribution >= 4 is 22.8 Å². The van der Waals surface area contributed by atoms with Gasteiger partial charge in [0.2, 0.25) is 5.89 Å². The summed E-state index contributed by atoms with van der Waals surface area (Å²) in [6.45, 7) is 1.91. The summed E-state index contributed by atoms with van der Waals surface area (Å²) in [5, 5.41) is 6.05. The first-order valence-electron chi connectivity index (χ1n) is 9.28. The van der Waals surface area contributed by atoms with Gasteiger partial charge in [-0.25, -0.2) is 24.0 Å². The Labute approximate surface area is 175 Å². The summed E-state index contributed by atoms with van der Waals surface area (Å²) < 4.78 is 20.8. The Morgan fingerprint density at radius 3 is 2.63 bits per heavy atom. The van der Waals surface area contributed by atoms with E-state index in [0.29, 0.717) is 17.3 Å². The van der Waals surface area contributed by atoms with Crippen LogP contribution in [-0.4, -0.2) is 24.7 Å². The lowest BCUT2D eigenvalue weighted by Gasteiger charge is -2.04. The van der Waals surface area contributed by atoms with Crippen molar-refractivity contribution < 1.29 is 8.81 Å². The second kappa shape index (κ2) is 7.72. The summed E-state index contributed by atoms with van der Waals surface area (Å²) in [5.41, 5.74) is 3.22. The van der Waals surface area contributed by atoms with Gasteiger partial charge in [-0.3, -0.25) is 0 Å². The van der Waals surface area contributed by atoms with Gasteiger partial charge in [0.15, 0.2) is 5.65 Å². The number of rotatable bonds is 5. The molecule has 5 aromatic rings. The van der Waals surface area contributed by atoms with E-state index in [-0.39, 0.29) is 5.82 Å². The first-order chi connectivity index (χ1) is 14.7. The molecule has 8 heteroatoms. The minimum atomic E-state index is -0.293. The van der Waals surface area contributed by atoms with Gasteiger partial charge < -0.3 is 4.42 Å². The lowest BCUT2D eigenvalue weighted by molar-refractivity contribution is 0.540.